The van der Waals surface area contributed by atoms with Crippen LogP contribution in [0.4, 0.5) is 4.79 Å². The van der Waals surface area contributed by atoms with E-state index in [2.05, 4.69) is 6.58 Å². The first-order chi connectivity index (χ1) is 7.25. The predicted octanol–water partition coefficient (Wildman–Crippen LogP) is 3.48. The molecule has 1 amide bonds. The van der Waals surface area contributed by atoms with Crippen molar-refractivity contribution in [1.82, 2.24) is 4.90 Å². The van der Waals surface area contributed by atoms with Crippen LogP contribution in [0.25, 0.3) is 0 Å². The second-order valence-corrected chi connectivity index (χ2v) is 5.22. The molecule has 0 spiro atoms. The lowest BCUT2D eigenvalue weighted by molar-refractivity contribution is 0.0599. The third-order valence-corrected chi connectivity index (χ3v) is 2.76. The zero-order valence-corrected chi connectivity index (χ0v) is 10.9. The van der Waals surface area contributed by atoms with Crippen LogP contribution in [0.2, 0.25) is 0 Å². The standard InChI is InChI=1S/C13H21NO2/c1-9(2)10(3)11-7-8-16-12(15)14(11)13(4,5)6/h1,7-8H2,2-6H3/b11-10-. The number of hydrogen-bond acceptors (Lipinski definition) is 2. The molecule has 3 nitrogen and oxygen atoms in total. The van der Waals surface area contributed by atoms with Crippen molar-refractivity contribution in [2.24, 2.45) is 0 Å². The van der Waals surface area contributed by atoms with E-state index < -0.39 is 0 Å². The van der Waals surface area contributed by atoms with E-state index in [4.69, 9.17) is 4.74 Å². The van der Waals surface area contributed by atoms with Crippen molar-refractivity contribution in [3.63, 3.8) is 0 Å². The number of carbonyl (C=O) groups excluding carboxylic acids is 1. The minimum Gasteiger partial charge on any atom is -0.449 e. The summed E-state index contributed by atoms with van der Waals surface area (Å²) in [5.41, 5.74) is 2.87. The number of allylic oxidation sites excluding steroid dienone is 2. The molecule has 0 aliphatic carbocycles. The molecule has 0 atom stereocenters. The minimum atomic E-state index is -0.260. The molecule has 0 radical (unpaired) electrons. The maximum atomic E-state index is 11.8. The lowest BCUT2D eigenvalue weighted by Crippen LogP contribution is -2.48. The summed E-state index contributed by atoms with van der Waals surface area (Å²) >= 11 is 0. The van der Waals surface area contributed by atoms with E-state index in [0.29, 0.717) is 6.61 Å². The molecule has 90 valence electrons. The molecule has 0 aromatic heterocycles. The lowest BCUT2D eigenvalue weighted by atomic mass is 9.99. The Hall–Kier alpha value is -1.25. The first-order valence-electron chi connectivity index (χ1n) is 5.57. The number of rotatable bonds is 1. The molecule has 3 heteroatoms. The topological polar surface area (TPSA) is 29.5 Å². The third-order valence-electron chi connectivity index (χ3n) is 2.76. The Morgan fingerprint density at radius 3 is 2.38 bits per heavy atom. The van der Waals surface area contributed by atoms with Crippen LogP contribution in [0.1, 0.15) is 41.0 Å². The Kier molecular flexibility index (Phi) is 3.46. The van der Waals surface area contributed by atoms with Gasteiger partial charge in [0.1, 0.15) is 0 Å². The van der Waals surface area contributed by atoms with E-state index in [0.717, 1.165) is 23.3 Å². The molecular formula is C13H21NO2. The molecule has 0 aromatic carbocycles. The van der Waals surface area contributed by atoms with Gasteiger partial charge in [0, 0.05) is 17.7 Å². The molecule has 0 unspecified atom stereocenters. The van der Waals surface area contributed by atoms with Gasteiger partial charge < -0.3 is 4.74 Å². The fourth-order valence-corrected chi connectivity index (χ4v) is 1.80. The molecule has 0 N–H and O–H groups in total. The van der Waals surface area contributed by atoms with Crippen molar-refractivity contribution in [2.75, 3.05) is 6.61 Å². The summed E-state index contributed by atoms with van der Waals surface area (Å²) in [6, 6.07) is 0. The highest BCUT2D eigenvalue weighted by molar-refractivity contribution is 5.72. The van der Waals surface area contributed by atoms with Gasteiger partial charge >= 0.3 is 6.09 Å². The van der Waals surface area contributed by atoms with Gasteiger partial charge in [-0.3, -0.25) is 4.90 Å². The molecule has 1 saturated heterocycles. The Bertz CT molecular complexity index is 347. The van der Waals surface area contributed by atoms with Crippen molar-refractivity contribution in [2.45, 2.75) is 46.6 Å². The molecule has 1 aliphatic heterocycles. The van der Waals surface area contributed by atoms with Crippen LogP contribution < -0.4 is 0 Å². The number of nitrogens with zero attached hydrogens (tertiary/aromatic N) is 1. The number of amides is 1. The molecule has 0 aromatic rings. The summed E-state index contributed by atoms with van der Waals surface area (Å²) < 4.78 is 5.10. The van der Waals surface area contributed by atoms with E-state index in [1.807, 2.05) is 34.6 Å². The average molecular weight is 223 g/mol. The van der Waals surface area contributed by atoms with Crippen molar-refractivity contribution < 1.29 is 9.53 Å². The van der Waals surface area contributed by atoms with Gasteiger partial charge in [-0.2, -0.15) is 0 Å². The van der Waals surface area contributed by atoms with E-state index in [1.165, 1.54) is 0 Å². The normalized spacial score (nSPS) is 20.6. The lowest BCUT2D eigenvalue weighted by Gasteiger charge is -2.40. The van der Waals surface area contributed by atoms with Crippen molar-refractivity contribution in [3.05, 3.63) is 23.4 Å². The Labute approximate surface area is 97.8 Å². The van der Waals surface area contributed by atoms with Crippen LogP contribution in [-0.4, -0.2) is 23.1 Å². The zero-order valence-electron chi connectivity index (χ0n) is 10.9. The number of ether oxygens (including phenoxy) is 1. The van der Waals surface area contributed by atoms with E-state index in [1.54, 1.807) is 4.90 Å². The Morgan fingerprint density at radius 2 is 1.94 bits per heavy atom. The highest BCUT2D eigenvalue weighted by atomic mass is 16.6. The van der Waals surface area contributed by atoms with Crippen LogP contribution in [0.5, 0.6) is 0 Å². The second kappa shape index (κ2) is 4.32. The van der Waals surface area contributed by atoms with E-state index in [-0.39, 0.29) is 11.6 Å². The van der Waals surface area contributed by atoms with Crippen molar-refractivity contribution in [1.29, 1.82) is 0 Å². The molecule has 0 saturated carbocycles. The first kappa shape index (κ1) is 12.8. The smallest absolute Gasteiger partial charge is 0.414 e. The van der Waals surface area contributed by atoms with Gasteiger partial charge in [-0.1, -0.05) is 12.2 Å². The monoisotopic (exact) mass is 223 g/mol. The van der Waals surface area contributed by atoms with Crippen LogP contribution >= 0.6 is 0 Å². The first-order valence-corrected chi connectivity index (χ1v) is 5.57. The summed E-state index contributed by atoms with van der Waals surface area (Å²) in [5, 5.41) is 0. The van der Waals surface area contributed by atoms with Crippen molar-refractivity contribution >= 4 is 6.09 Å². The maximum absolute atomic E-state index is 11.8. The van der Waals surface area contributed by atoms with Crippen molar-refractivity contribution in [3.8, 4) is 0 Å². The van der Waals surface area contributed by atoms with Gasteiger partial charge in [-0.05, 0) is 40.2 Å². The maximum Gasteiger partial charge on any atom is 0.414 e. The Morgan fingerprint density at radius 1 is 1.38 bits per heavy atom. The summed E-state index contributed by atoms with van der Waals surface area (Å²) in [4.78, 5) is 13.6. The summed E-state index contributed by atoms with van der Waals surface area (Å²) in [7, 11) is 0. The zero-order chi connectivity index (χ0) is 12.5. The van der Waals surface area contributed by atoms with E-state index in [9.17, 15) is 4.79 Å². The van der Waals surface area contributed by atoms with Gasteiger partial charge in [0.2, 0.25) is 0 Å². The third kappa shape index (κ3) is 2.46. The number of cyclic esters (lactones) is 1. The Balaban J connectivity index is 3.20. The van der Waals surface area contributed by atoms with Crippen LogP contribution in [0, 0.1) is 0 Å². The highest BCUT2D eigenvalue weighted by Crippen LogP contribution is 2.30. The van der Waals surface area contributed by atoms with Gasteiger partial charge in [0.05, 0.1) is 6.61 Å². The second-order valence-electron chi connectivity index (χ2n) is 5.22. The highest BCUT2D eigenvalue weighted by Gasteiger charge is 2.34. The predicted molar refractivity (Wildman–Crippen MR) is 65.1 cm³/mol. The quantitative estimate of drug-likeness (QED) is 0.681. The number of hydrogen-bond donors (Lipinski definition) is 0. The fourth-order valence-electron chi connectivity index (χ4n) is 1.80. The summed E-state index contributed by atoms with van der Waals surface area (Å²) in [6.07, 6.45) is 0.510. The fraction of sp³-hybridized carbons (Fsp3) is 0.615. The summed E-state index contributed by atoms with van der Waals surface area (Å²) in [6.45, 7) is 14.4. The summed E-state index contributed by atoms with van der Waals surface area (Å²) in [5.74, 6) is 0. The molecule has 1 rings (SSSR count). The minimum absolute atomic E-state index is 0.255. The van der Waals surface area contributed by atoms with Gasteiger partial charge in [-0.15, -0.1) is 0 Å². The largest absolute Gasteiger partial charge is 0.449 e. The van der Waals surface area contributed by atoms with Gasteiger partial charge in [-0.25, -0.2) is 4.79 Å². The van der Waals surface area contributed by atoms with Gasteiger partial charge in [0.25, 0.3) is 0 Å². The van der Waals surface area contributed by atoms with E-state index >= 15 is 0 Å². The SMILES string of the molecule is C=C(C)/C(C)=C1/CCOC(=O)N1C(C)(C)C. The number of carbonyl (C=O) groups is 1. The molecular weight excluding hydrogens is 202 g/mol. The van der Waals surface area contributed by atoms with Crippen LogP contribution in [0.3, 0.4) is 0 Å². The van der Waals surface area contributed by atoms with Gasteiger partial charge in [0.15, 0.2) is 0 Å². The molecule has 0 bridgehead atoms. The molecule has 16 heavy (non-hydrogen) atoms. The van der Waals surface area contributed by atoms with Crippen LogP contribution in [-0.2, 0) is 4.74 Å². The van der Waals surface area contributed by atoms with Crippen LogP contribution in [0.15, 0.2) is 23.4 Å². The molecule has 1 heterocycles. The molecule has 1 aliphatic rings. The molecule has 1 fully saturated rings. The average Bonchev–Trinajstić information content (AvgIpc) is 2.14.